The fourth-order valence-corrected chi connectivity index (χ4v) is 2.44. The number of rotatable bonds is 5. The Morgan fingerprint density at radius 2 is 1.91 bits per heavy atom. The number of carbonyl (C=O) groups excluding carboxylic acids is 1. The summed E-state index contributed by atoms with van der Waals surface area (Å²) in [6.45, 7) is 5.52. The number of carbonyl (C=O) groups is 1. The van der Waals surface area contributed by atoms with E-state index < -0.39 is 0 Å². The molecule has 0 saturated carbocycles. The van der Waals surface area contributed by atoms with Crippen molar-refractivity contribution in [3.63, 3.8) is 0 Å². The Bertz CT molecular complexity index is 625. The number of aryl methyl sites for hydroxylation is 2. The monoisotopic (exact) mass is 301 g/mol. The highest BCUT2D eigenvalue weighted by molar-refractivity contribution is 5.96. The first-order valence-corrected chi connectivity index (χ1v) is 7.38. The number of aromatic nitrogens is 1. The molecule has 1 aromatic heterocycles. The maximum Gasteiger partial charge on any atom is 0.257 e. The summed E-state index contributed by atoms with van der Waals surface area (Å²) in [7, 11) is 4.03. The molecule has 1 aromatic carbocycles. The molecule has 0 unspecified atom stereocenters. The average Bonchev–Trinajstić information content (AvgIpc) is 2.78. The quantitative estimate of drug-likeness (QED) is 0.922. The maximum absolute atomic E-state index is 12.3. The van der Waals surface area contributed by atoms with Crippen LogP contribution in [0, 0.1) is 13.8 Å². The first-order valence-electron chi connectivity index (χ1n) is 7.38. The Labute approximate surface area is 131 Å². The third-order valence-corrected chi connectivity index (χ3v) is 3.63. The first kappa shape index (κ1) is 16.1. The van der Waals surface area contributed by atoms with E-state index in [0.29, 0.717) is 17.0 Å². The van der Waals surface area contributed by atoms with Crippen LogP contribution >= 0.6 is 0 Å². The topological polar surface area (TPSA) is 58.4 Å². The molecule has 1 atom stereocenters. The largest absolute Gasteiger partial charge is 0.378 e. The van der Waals surface area contributed by atoms with Gasteiger partial charge in [0.05, 0.1) is 5.69 Å². The van der Waals surface area contributed by atoms with Gasteiger partial charge in [-0.1, -0.05) is 17.3 Å². The summed E-state index contributed by atoms with van der Waals surface area (Å²) in [5.41, 5.74) is 3.51. The van der Waals surface area contributed by atoms with Gasteiger partial charge in [0.1, 0.15) is 11.3 Å². The highest BCUT2D eigenvalue weighted by Crippen LogP contribution is 2.15. The van der Waals surface area contributed by atoms with Gasteiger partial charge >= 0.3 is 0 Å². The van der Waals surface area contributed by atoms with Crippen molar-refractivity contribution in [3.8, 4) is 0 Å². The minimum absolute atomic E-state index is 0.0337. The van der Waals surface area contributed by atoms with Crippen molar-refractivity contribution >= 4 is 11.6 Å². The standard InChI is InChI=1S/C17H23N3O2/c1-11(10-14-6-8-15(9-7-14)20(4)5)18-17(21)16-12(2)19-22-13(16)3/h6-9,11H,10H2,1-5H3,(H,18,21)/t11-/m1/s1. The van der Waals surface area contributed by atoms with E-state index in [0.717, 1.165) is 12.1 Å². The van der Waals surface area contributed by atoms with Crippen molar-refractivity contribution in [2.24, 2.45) is 0 Å². The van der Waals surface area contributed by atoms with Gasteiger partial charge in [0.15, 0.2) is 0 Å². The van der Waals surface area contributed by atoms with E-state index in [4.69, 9.17) is 4.52 Å². The van der Waals surface area contributed by atoms with Crippen LogP contribution < -0.4 is 10.2 Å². The zero-order valence-electron chi connectivity index (χ0n) is 13.8. The summed E-state index contributed by atoms with van der Waals surface area (Å²) in [6, 6.07) is 8.38. The number of anilines is 1. The van der Waals surface area contributed by atoms with Crippen molar-refractivity contribution in [2.45, 2.75) is 33.2 Å². The molecule has 0 aliphatic rings. The highest BCUT2D eigenvalue weighted by Gasteiger charge is 2.19. The third kappa shape index (κ3) is 3.67. The molecule has 5 nitrogen and oxygen atoms in total. The van der Waals surface area contributed by atoms with Crippen LogP contribution in [0.3, 0.4) is 0 Å². The number of hydrogen-bond acceptors (Lipinski definition) is 4. The molecule has 2 aromatic rings. The van der Waals surface area contributed by atoms with Gasteiger partial charge in [-0.25, -0.2) is 0 Å². The van der Waals surface area contributed by atoms with Crippen LogP contribution in [0.2, 0.25) is 0 Å². The number of nitrogens with one attached hydrogen (secondary N) is 1. The number of amides is 1. The molecule has 0 spiro atoms. The number of nitrogens with zero attached hydrogens (tertiary/aromatic N) is 2. The highest BCUT2D eigenvalue weighted by atomic mass is 16.5. The number of hydrogen-bond donors (Lipinski definition) is 1. The van der Waals surface area contributed by atoms with E-state index in [1.54, 1.807) is 13.8 Å². The van der Waals surface area contributed by atoms with E-state index in [9.17, 15) is 4.79 Å². The molecule has 1 heterocycles. The predicted molar refractivity (Wildman–Crippen MR) is 87.4 cm³/mol. The molecule has 0 bridgehead atoms. The van der Waals surface area contributed by atoms with Gasteiger partial charge in [0.2, 0.25) is 0 Å². The zero-order valence-corrected chi connectivity index (χ0v) is 13.8. The smallest absolute Gasteiger partial charge is 0.257 e. The van der Waals surface area contributed by atoms with Crippen LogP contribution in [0.5, 0.6) is 0 Å². The van der Waals surface area contributed by atoms with Gasteiger partial charge in [-0.05, 0) is 44.9 Å². The fourth-order valence-electron chi connectivity index (χ4n) is 2.44. The Balaban J connectivity index is 1.98. The normalized spacial score (nSPS) is 12.0. The van der Waals surface area contributed by atoms with E-state index in [1.165, 1.54) is 5.56 Å². The molecule has 0 aliphatic heterocycles. The molecule has 0 radical (unpaired) electrons. The Morgan fingerprint density at radius 1 is 1.27 bits per heavy atom. The third-order valence-electron chi connectivity index (χ3n) is 3.63. The van der Waals surface area contributed by atoms with Gasteiger partial charge < -0.3 is 14.7 Å². The molecule has 0 aliphatic carbocycles. The van der Waals surface area contributed by atoms with Crippen molar-refractivity contribution in [1.82, 2.24) is 10.5 Å². The maximum atomic E-state index is 12.3. The summed E-state index contributed by atoms with van der Waals surface area (Å²) in [4.78, 5) is 14.3. The molecule has 5 heteroatoms. The van der Waals surface area contributed by atoms with E-state index >= 15 is 0 Å². The van der Waals surface area contributed by atoms with Crippen molar-refractivity contribution < 1.29 is 9.32 Å². The molecule has 118 valence electrons. The molecule has 0 fully saturated rings. The van der Waals surface area contributed by atoms with Gasteiger partial charge in [0, 0.05) is 25.8 Å². The molecule has 22 heavy (non-hydrogen) atoms. The molecule has 1 amide bonds. The Hall–Kier alpha value is -2.30. The second-order valence-electron chi connectivity index (χ2n) is 5.84. The van der Waals surface area contributed by atoms with Crippen LogP contribution in [-0.4, -0.2) is 31.2 Å². The van der Waals surface area contributed by atoms with Crippen molar-refractivity contribution in [1.29, 1.82) is 0 Å². The minimum atomic E-state index is -0.131. The van der Waals surface area contributed by atoms with Crippen molar-refractivity contribution in [2.75, 3.05) is 19.0 Å². The molecule has 0 saturated heterocycles. The van der Waals surface area contributed by atoms with E-state index in [-0.39, 0.29) is 11.9 Å². The second kappa shape index (κ2) is 6.64. The Kier molecular flexibility index (Phi) is 4.85. The lowest BCUT2D eigenvalue weighted by atomic mass is 10.1. The second-order valence-corrected chi connectivity index (χ2v) is 5.84. The summed E-state index contributed by atoms with van der Waals surface area (Å²) >= 11 is 0. The molecule has 2 rings (SSSR count). The van der Waals surface area contributed by atoms with Gasteiger partial charge in [-0.3, -0.25) is 4.79 Å². The first-order chi connectivity index (χ1) is 10.4. The van der Waals surface area contributed by atoms with Gasteiger partial charge in [-0.2, -0.15) is 0 Å². The van der Waals surface area contributed by atoms with Gasteiger partial charge in [0.25, 0.3) is 5.91 Å². The lowest BCUT2D eigenvalue weighted by Crippen LogP contribution is -2.34. The van der Waals surface area contributed by atoms with Crippen LogP contribution in [-0.2, 0) is 6.42 Å². The zero-order chi connectivity index (χ0) is 16.3. The van der Waals surface area contributed by atoms with Crippen LogP contribution in [0.4, 0.5) is 5.69 Å². The van der Waals surface area contributed by atoms with Crippen LogP contribution in [0.25, 0.3) is 0 Å². The average molecular weight is 301 g/mol. The summed E-state index contributed by atoms with van der Waals surface area (Å²) in [5, 5.41) is 6.81. The summed E-state index contributed by atoms with van der Waals surface area (Å²) in [6.07, 6.45) is 0.781. The molecular formula is C17H23N3O2. The minimum Gasteiger partial charge on any atom is -0.378 e. The van der Waals surface area contributed by atoms with Crippen LogP contribution in [0.1, 0.15) is 34.3 Å². The number of benzene rings is 1. The summed E-state index contributed by atoms with van der Waals surface area (Å²) in [5.74, 6) is 0.422. The van der Waals surface area contributed by atoms with E-state index in [1.807, 2.05) is 21.0 Å². The molecular weight excluding hydrogens is 278 g/mol. The molecule has 1 N–H and O–H groups in total. The fraction of sp³-hybridized carbons (Fsp3) is 0.412. The summed E-state index contributed by atoms with van der Waals surface area (Å²) < 4.78 is 5.04. The van der Waals surface area contributed by atoms with Crippen molar-refractivity contribution in [3.05, 3.63) is 46.8 Å². The van der Waals surface area contributed by atoms with Gasteiger partial charge in [-0.15, -0.1) is 0 Å². The Morgan fingerprint density at radius 3 is 2.41 bits per heavy atom. The lowest BCUT2D eigenvalue weighted by Gasteiger charge is -2.16. The predicted octanol–water partition coefficient (Wildman–Crippen LogP) is 2.72. The van der Waals surface area contributed by atoms with Crippen LogP contribution in [0.15, 0.2) is 28.8 Å². The van der Waals surface area contributed by atoms with E-state index in [2.05, 4.69) is 39.6 Å². The SMILES string of the molecule is Cc1noc(C)c1C(=O)N[C@H](C)Cc1ccc(N(C)C)cc1. The lowest BCUT2D eigenvalue weighted by molar-refractivity contribution is 0.0938.